The molecule has 0 fully saturated rings. The molecule has 8 nitrogen and oxygen atoms in total. The Morgan fingerprint density at radius 1 is 1.11 bits per heavy atom. The number of H-pyrrole nitrogens is 1. The second kappa shape index (κ2) is 7.60. The van der Waals surface area contributed by atoms with Gasteiger partial charge >= 0.3 is 0 Å². The first kappa shape index (κ1) is 18.6. The fourth-order valence-corrected chi connectivity index (χ4v) is 3.22. The van der Waals surface area contributed by atoms with Crippen molar-refractivity contribution in [2.75, 3.05) is 0 Å². The van der Waals surface area contributed by atoms with Crippen LogP contribution < -0.4 is 5.56 Å². The van der Waals surface area contributed by atoms with Gasteiger partial charge in [-0.2, -0.15) is 10.5 Å². The summed E-state index contributed by atoms with van der Waals surface area (Å²) in [5, 5.41) is 33.1. The topological polar surface area (TPSA) is 129 Å². The zero-order chi connectivity index (χ0) is 20.3. The van der Waals surface area contributed by atoms with E-state index in [1.165, 1.54) is 22.9 Å². The summed E-state index contributed by atoms with van der Waals surface area (Å²) < 4.78 is 1.33. The molecule has 0 saturated carbocycles. The Labute approximate surface area is 160 Å². The van der Waals surface area contributed by atoms with E-state index in [4.69, 9.17) is 0 Å². The lowest BCUT2D eigenvalue weighted by atomic mass is 9.82. The highest BCUT2D eigenvalue weighted by Gasteiger charge is 2.32. The van der Waals surface area contributed by atoms with Gasteiger partial charge in [0.25, 0.3) is 11.2 Å². The first-order valence-electron chi connectivity index (χ1n) is 8.38. The summed E-state index contributed by atoms with van der Waals surface area (Å²) in [4.78, 5) is 23.7. The van der Waals surface area contributed by atoms with Crippen molar-refractivity contribution in [2.24, 2.45) is 5.92 Å². The molecule has 0 amide bonds. The third-order valence-electron chi connectivity index (χ3n) is 4.49. The molecule has 0 aliphatic heterocycles. The fourth-order valence-electron chi connectivity index (χ4n) is 3.22. The normalized spacial score (nSPS) is 11.6. The van der Waals surface area contributed by atoms with Crippen LogP contribution >= 0.6 is 0 Å². The third-order valence-corrected chi connectivity index (χ3v) is 4.49. The number of nitro groups is 1. The van der Waals surface area contributed by atoms with E-state index in [9.17, 15) is 25.4 Å². The average Bonchev–Trinajstić information content (AvgIpc) is 3.01. The molecule has 138 valence electrons. The highest BCUT2D eigenvalue weighted by molar-refractivity contribution is 5.44. The number of hydrogen-bond acceptors (Lipinski definition) is 5. The van der Waals surface area contributed by atoms with Crippen molar-refractivity contribution >= 4 is 5.69 Å². The maximum atomic E-state index is 13.1. The van der Waals surface area contributed by atoms with Gasteiger partial charge < -0.3 is 0 Å². The Balaban J connectivity index is 2.24. The SMILES string of the molecule is Cc1[nH]n(-c2ccccc2)c(=O)c1[C@H](c1cccc([N+](=O)[O-])c1)C(C#N)C#N. The maximum absolute atomic E-state index is 13.1. The van der Waals surface area contributed by atoms with Crippen molar-refractivity contribution in [1.82, 2.24) is 9.78 Å². The number of nitriles is 2. The molecule has 0 aliphatic carbocycles. The minimum Gasteiger partial charge on any atom is -0.295 e. The summed E-state index contributed by atoms with van der Waals surface area (Å²) in [6.45, 7) is 1.67. The highest BCUT2D eigenvalue weighted by Crippen LogP contribution is 2.33. The van der Waals surface area contributed by atoms with Crippen LogP contribution in [0.3, 0.4) is 0 Å². The smallest absolute Gasteiger partial charge is 0.275 e. The molecule has 0 saturated heterocycles. The molecule has 1 N–H and O–H groups in total. The lowest BCUT2D eigenvalue weighted by molar-refractivity contribution is -0.384. The third kappa shape index (κ3) is 3.27. The first-order valence-corrected chi connectivity index (χ1v) is 8.38. The second-order valence-corrected chi connectivity index (χ2v) is 6.19. The Morgan fingerprint density at radius 3 is 2.39 bits per heavy atom. The number of hydrogen-bond donors (Lipinski definition) is 1. The minimum absolute atomic E-state index is 0.172. The summed E-state index contributed by atoms with van der Waals surface area (Å²) in [6.07, 6.45) is 0. The van der Waals surface area contributed by atoms with E-state index in [1.54, 1.807) is 37.3 Å². The summed E-state index contributed by atoms with van der Waals surface area (Å²) in [5.41, 5.74) is 1.11. The Hall–Kier alpha value is -4.17. The van der Waals surface area contributed by atoms with Gasteiger partial charge in [0.1, 0.15) is 5.92 Å². The number of nitrogens with one attached hydrogen (secondary N) is 1. The van der Waals surface area contributed by atoms with E-state index in [0.717, 1.165) is 0 Å². The van der Waals surface area contributed by atoms with Crippen molar-refractivity contribution in [3.05, 3.63) is 91.9 Å². The van der Waals surface area contributed by atoms with Gasteiger partial charge in [0.15, 0.2) is 0 Å². The number of nitro benzene ring substituents is 1. The molecule has 0 unspecified atom stereocenters. The second-order valence-electron chi connectivity index (χ2n) is 6.19. The molecule has 2 aromatic carbocycles. The highest BCUT2D eigenvalue weighted by atomic mass is 16.6. The van der Waals surface area contributed by atoms with Gasteiger partial charge in [-0.15, -0.1) is 0 Å². The van der Waals surface area contributed by atoms with Crippen molar-refractivity contribution in [1.29, 1.82) is 10.5 Å². The lowest BCUT2D eigenvalue weighted by Crippen LogP contribution is -2.23. The van der Waals surface area contributed by atoms with Gasteiger partial charge in [-0.3, -0.25) is 20.0 Å². The minimum atomic E-state index is -1.19. The van der Waals surface area contributed by atoms with E-state index in [-0.39, 0.29) is 11.3 Å². The van der Waals surface area contributed by atoms with Crippen LogP contribution in [0.1, 0.15) is 22.7 Å². The standard InChI is InChI=1S/C20H15N5O3/c1-13-18(20(26)24(23-13)16-7-3-2-4-8-16)19(15(11-21)12-22)14-6-5-9-17(10-14)25(27)28/h2-10,15,19,23H,1H3/t19-/m1/s1. The first-order chi connectivity index (χ1) is 13.5. The molecular formula is C20H15N5O3. The van der Waals surface area contributed by atoms with Gasteiger partial charge in [-0.25, -0.2) is 4.68 Å². The maximum Gasteiger partial charge on any atom is 0.275 e. The van der Waals surface area contributed by atoms with Crippen LogP contribution in [0.15, 0.2) is 59.4 Å². The molecule has 0 bridgehead atoms. The van der Waals surface area contributed by atoms with E-state index >= 15 is 0 Å². The van der Waals surface area contributed by atoms with Crippen LogP contribution in [0.4, 0.5) is 5.69 Å². The van der Waals surface area contributed by atoms with Crippen molar-refractivity contribution in [3.8, 4) is 17.8 Å². The molecule has 0 aliphatic rings. The number of aromatic amines is 1. The van der Waals surface area contributed by atoms with Crippen LogP contribution in [0.5, 0.6) is 0 Å². The summed E-state index contributed by atoms with van der Waals surface area (Å²) in [6, 6.07) is 18.4. The zero-order valence-electron chi connectivity index (χ0n) is 14.9. The van der Waals surface area contributed by atoms with Crippen LogP contribution in [0.2, 0.25) is 0 Å². The number of aromatic nitrogens is 2. The molecule has 3 rings (SSSR count). The van der Waals surface area contributed by atoms with Crippen LogP contribution in [-0.2, 0) is 0 Å². The van der Waals surface area contributed by atoms with Crippen LogP contribution in [-0.4, -0.2) is 14.7 Å². The quantitative estimate of drug-likeness (QED) is 0.542. The molecule has 28 heavy (non-hydrogen) atoms. The number of rotatable bonds is 5. The molecule has 1 atom stereocenters. The zero-order valence-corrected chi connectivity index (χ0v) is 14.9. The lowest BCUT2D eigenvalue weighted by Gasteiger charge is -2.16. The molecule has 0 radical (unpaired) electrons. The van der Waals surface area contributed by atoms with E-state index in [1.807, 2.05) is 18.2 Å². The summed E-state index contributed by atoms with van der Waals surface area (Å²) in [7, 11) is 0. The van der Waals surface area contributed by atoms with Crippen LogP contribution in [0.25, 0.3) is 5.69 Å². The largest absolute Gasteiger partial charge is 0.295 e. The Morgan fingerprint density at radius 2 is 1.79 bits per heavy atom. The molecule has 1 heterocycles. The Kier molecular flexibility index (Phi) is 5.05. The van der Waals surface area contributed by atoms with Crippen molar-refractivity contribution in [3.63, 3.8) is 0 Å². The van der Waals surface area contributed by atoms with Gasteiger partial charge in [-0.1, -0.05) is 30.3 Å². The fraction of sp³-hybridized carbons (Fsp3) is 0.150. The molecule has 1 aromatic heterocycles. The molecular weight excluding hydrogens is 358 g/mol. The number of non-ortho nitro benzene ring substituents is 1. The number of para-hydroxylation sites is 1. The van der Waals surface area contributed by atoms with Gasteiger partial charge in [-0.05, 0) is 24.6 Å². The average molecular weight is 373 g/mol. The van der Waals surface area contributed by atoms with Crippen molar-refractivity contribution in [2.45, 2.75) is 12.8 Å². The Bertz CT molecular complexity index is 1150. The summed E-state index contributed by atoms with van der Waals surface area (Å²) in [5.74, 6) is -2.11. The van der Waals surface area contributed by atoms with E-state index in [2.05, 4.69) is 5.10 Å². The van der Waals surface area contributed by atoms with Gasteiger partial charge in [0.2, 0.25) is 0 Å². The summed E-state index contributed by atoms with van der Waals surface area (Å²) >= 11 is 0. The molecule has 3 aromatic rings. The molecule has 8 heteroatoms. The predicted molar refractivity (Wildman–Crippen MR) is 101 cm³/mol. The monoisotopic (exact) mass is 373 g/mol. The van der Waals surface area contributed by atoms with E-state index < -0.39 is 22.3 Å². The number of benzene rings is 2. The van der Waals surface area contributed by atoms with E-state index in [0.29, 0.717) is 16.9 Å². The number of nitrogens with zero attached hydrogens (tertiary/aromatic N) is 4. The van der Waals surface area contributed by atoms with Gasteiger partial charge in [0.05, 0.1) is 22.7 Å². The molecule has 0 spiro atoms. The predicted octanol–water partition coefficient (Wildman–Crippen LogP) is 3.18. The van der Waals surface area contributed by atoms with Crippen molar-refractivity contribution < 1.29 is 4.92 Å². The van der Waals surface area contributed by atoms with Crippen LogP contribution in [0, 0.1) is 45.6 Å². The van der Waals surface area contributed by atoms with Gasteiger partial charge in [0, 0.05) is 29.3 Å². The number of aryl methyl sites for hydroxylation is 1.